The van der Waals surface area contributed by atoms with E-state index in [0.717, 1.165) is 24.3 Å². The molecule has 17 heavy (non-hydrogen) atoms. The number of hydrogen-bond donors (Lipinski definition) is 1. The van der Waals surface area contributed by atoms with Crippen LogP contribution in [0.25, 0.3) is 0 Å². The minimum atomic E-state index is -0.332. The van der Waals surface area contributed by atoms with Crippen LogP contribution in [0.2, 0.25) is 0 Å². The van der Waals surface area contributed by atoms with Crippen molar-refractivity contribution in [3.8, 4) is 5.75 Å². The van der Waals surface area contributed by atoms with Crippen molar-refractivity contribution in [2.45, 2.75) is 25.5 Å². The van der Waals surface area contributed by atoms with Crippen LogP contribution in [0.3, 0.4) is 0 Å². The van der Waals surface area contributed by atoms with E-state index in [1.165, 1.54) is 0 Å². The highest BCUT2D eigenvalue weighted by atomic mass is 16.5. The van der Waals surface area contributed by atoms with Gasteiger partial charge >= 0.3 is 0 Å². The number of benzene rings is 1. The van der Waals surface area contributed by atoms with Crippen LogP contribution in [0.1, 0.15) is 24.9 Å². The third kappa shape index (κ3) is 2.58. The molecule has 1 amide bonds. The zero-order chi connectivity index (χ0) is 12.4. The fourth-order valence-corrected chi connectivity index (χ4v) is 1.91. The van der Waals surface area contributed by atoms with Crippen molar-refractivity contribution < 1.29 is 9.53 Å². The van der Waals surface area contributed by atoms with E-state index in [1.807, 2.05) is 31.2 Å². The minimum Gasteiger partial charge on any atom is -0.481 e. The molecule has 1 saturated heterocycles. The summed E-state index contributed by atoms with van der Waals surface area (Å²) < 4.78 is 5.66. The van der Waals surface area contributed by atoms with Gasteiger partial charge in [0.15, 0.2) is 6.10 Å². The van der Waals surface area contributed by atoms with E-state index >= 15 is 0 Å². The Labute approximate surface area is 101 Å². The summed E-state index contributed by atoms with van der Waals surface area (Å²) >= 11 is 0. The van der Waals surface area contributed by atoms with Crippen LogP contribution in [0.15, 0.2) is 24.3 Å². The molecule has 1 aliphatic heterocycles. The first-order chi connectivity index (χ1) is 8.08. The second-order valence-corrected chi connectivity index (χ2v) is 4.51. The molecule has 0 radical (unpaired) electrons. The van der Waals surface area contributed by atoms with Crippen molar-refractivity contribution in [1.82, 2.24) is 4.90 Å². The minimum absolute atomic E-state index is 0.0169. The lowest BCUT2D eigenvalue weighted by atomic mass is 10.1. The topological polar surface area (TPSA) is 55.6 Å². The van der Waals surface area contributed by atoms with Gasteiger partial charge in [-0.15, -0.1) is 0 Å². The average molecular weight is 234 g/mol. The van der Waals surface area contributed by atoms with Gasteiger partial charge in [0.2, 0.25) is 0 Å². The van der Waals surface area contributed by atoms with Crippen molar-refractivity contribution in [3.63, 3.8) is 0 Å². The van der Waals surface area contributed by atoms with Gasteiger partial charge in [-0.2, -0.15) is 0 Å². The molecule has 4 nitrogen and oxygen atoms in total. The van der Waals surface area contributed by atoms with E-state index in [9.17, 15) is 4.79 Å². The molecule has 1 aliphatic rings. The number of amides is 1. The number of hydrogen-bond acceptors (Lipinski definition) is 3. The predicted molar refractivity (Wildman–Crippen MR) is 65.7 cm³/mol. The number of nitrogens with two attached hydrogens (primary N) is 1. The van der Waals surface area contributed by atoms with Crippen molar-refractivity contribution in [2.24, 2.45) is 5.73 Å². The standard InChI is InChI=1S/C13H18N2O2/c1-9(14)10-3-5-11(6-4-10)17-12-7-8-15(2)13(12)16/h3-6,9,12H,7-8,14H2,1-2H3/t9-,12?/m0/s1. The maximum Gasteiger partial charge on any atom is 0.263 e. The molecule has 2 rings (SSSR count). The zero-order valence-corrected chi connectivity index (χ0v) is 10.2. The third-order valence-electron chi connectivity index (χ3n) is 3.06. The molecule has 1 fully saturated rings. The second kappa shape index (κ2) is 4.75. The van der Waals surface area contributed by atoms with Gasteiger partial charge in [0.05, 0.1) is 0 Å². The Kier molecular flexibility index (Phi) is 3.33. The first kappa shape index (κ1) is 11.9. The maximum absolute atomic E-state index is 11.7. The van der Waals surface area contributed by atoms with Gasteiger partial charge in [0.1, 0.15) is 5.75 Å². The van der Waals surface area contributed by atoms with E-state index < -0.39 is 0 Å². The first-order valence-corrected chi connectivity index (χ1v) is 5.85. The molecule has 0 aromatic heterocycles. The number of rotatable bonds is 3. The molecule has 92 valence electrons. The van der Waals surface area contributed by atoms with Crippen LogP contribution in [0.5, 0.6) is 5.75 Å². The Hall–Kier alpha value is -1.55. The van der Waals surface area contributed by atoms with Gasteiger partial charge in [0.25, 0.3) is 5.91 Å². The molecule has 1 aromatic rings. The van der Waals surface area contributed by atoms with E-state index in [-0.39, 0.29) is 18.1 Å². The lowest BCUT2D eigenvalue weighted by Crippen LogP contribution is -2.29. The van der Waals surface area contributed by atoms with Gasteiger partial charge in [0, 0.05) is 26.1 Å². The Morgan fingerprint density at radius 1 is 1.41 bits per heavy atom. The summed E-state index contributed by atoms with van der Waals surface area (Å²) in [5.74, 6) is 0.782. The van der Waals surface area contributed by atoms with E-state index in [2.05, 4.69) is 0 Å². The summed E-state index contributed by atoms with van der Waals surface area (Å²) in [5.41, 5.74) is 6.83. The highest BCUT2D eigenvalue weighted by Crippen LogP contribution is 2.20. The predicted octanol–water partition coefficient (Wildman–Crippen LogP) is 1.32. The summed E-state index contributed by atoms with van der Waals surface area (Å²) in [6, 6.07) is 7.62. The lowest BCUT2D eigenvalue weighted by Gasteiger charge is -2.13. The van der Waals surface area contributed by atoms with Crippen LogP contribution >= 0.6 is 0 Å². The molecule has 1 aromatic carbocycles. The second-order valence-electron chi connectivity index (χ2n) is 4.51. The van der Waals surface area contributed by atoms with Gasteiger partial charge in [-0.05, 0) is 24.6 Å². The SMILES string of the molecule is C[C@H](N)c1ccc(OC2CCN(C)C2=O)cc1. The van der Waals surface area contributed by atoms with E-state index in [4.69, 9.17) is 10.5 Å². The number of ether oxygens (including phenoxy) is 1. The number of carbonyl (C=O) groups excluding carboxylic acids is 1. The Bertz CT molecular complexity index is 400. The molecule has 0 aliphatic carbocycles. The number of likely N-dealkylation sites (tertiary alicyclic amines) is 1. The van der Waals surface area contributed by atoms with Gasteiger partial charge < -0.3 is 15.4 Å². The molecule has 4 heteroatoms. The number of nitrogens with zero attached hydrogens (tertiary/aromatic N) is 1. The molecular weight excluding hydrogens is 216 g/mol. The van der Waals surface area contributed by atoms with Gasteiger partial charge in [-0.1, -0.05) is 12.1 Å². The molecule has 1 unspecified atom stereocenters. The molecule has 0 saturated carbocycles. The van der Waals surface area contributed by atoms with Crippen LogP contribution in [0, 0.1) is 0 Å². The molecule has 0 spiro atoms. The van der Waals surface area contributed by atoms with Gasteiger partial charge in [-0.3, -0.25) is 4.79 Å². The van der Waals surface area contributed by atoms with Crippen molar-refractivity contribution in [3.05, 3.63) is 29.8 Å². The number of likely N-dealkylation sites (N-methyl/N-ethyl adjacent to an activating group) is 1. The Morgan fingerprint density at radius 2 is 2.06 bits per heavy atom. The fourth-order valence-electron chi connectivity index (χ4n) is 1.91. The fraction of sp³-hybridized carbons (Fsp3) is 0.462. The van der Waals surface area contributed by atoms with Crippen LogP contribution in [-0.4, -0.2) is 30.5 Å². The average Bonchev–Trinajstić information content (AvgIpc) is 2.62. The molecule has 1 heterocycles. The highest BCUT2D eigenvalue weighted by molar-refractivity contribution is 5.83. The highest BCUT2D eigenvalue weighted by Gasteiger charge is 2.30. The van der Waals surface area contributed by atoms with Crippen molar-refractivity contribution in [2.75, 3.05) is 13.6 Å². The first-order valence-electron chi connectivity index (χ1n) is 5.85. The van der Waals surface area contributed by atoms with Crippen LogP contribution in [0.4, 0.5) is 0 Å². The van der Waals surface area contributed by atoms with Gasteiger partial charge in [-0.25, -0.2) is 0 Å². The smallest absolute Gasteiger partial charge is 0.263 e. The van der Waals surface area contributed by atoms with Crippen molar-refractivity contribution in [1.29, 1.82) is 0 Å². The van der Waals surface area contributed by atoms with Crippen molar-refractivity contribution >= 4 is 5.91 Å². The summed E-state index contributed by atoms with van der Waals surface area (Å²) in [6.45, 7) is 2.70. The lowest BCUT2D eigenvalue weighted by molar-refractivity contribution is -0.132. The Balaban J connectivity index is 2.02. The normalized spacial score (nSPS) is 21.7. The number of carbonyl (C=O) groups is 1. The quantitative estimate of drug-likeness (QED) is 0.858. The maximum atomic E-state index is 11.7. The monoisotopic (exact) mass is 234 g/mol. The van der Waals surface area contributed by atoms with Crippen LogP contribution < -0.4 is 10.5 Å². The molecule has 2 atom stereocenters. The molecule has 2 N–H and O–H groups in total. The Morgan fingerprint density at radius 3 is 2.53 bits per heavy atom. The summed E-state index contributed by atoms with van der Waals surface area (Å²) in [7, 11) is 1.80. The third-order valence-corrected chi connectivity index (χ3v) is 3.06. The largest absolute Gasteiger partial charge is 0.481 e. The molecule has 0 bridgehead atoms. The summed E-state index contributed by atoms with van der Waals surface area (Å²) in [5, 5.41) is 0. The van der Waals surface area contributed by atoms with E-state index in [1.54, 1.807) is 11.9 Å². The molecular formula is C13H18N2O2. The van der Waals surface area contributed by atoms with Crippen LogP contribution in [-0.2, 0) is 4.79 Å². The zero-order valence-electron chi connectivity index (χ0n) is 10.2. The summed E-state index contributed by atoms with van der Waals surface area (Å²) in [4.78, 5) is 13.4. The summed E-state index contributed by atoms with van der Waals surface area (Å²) in [6.07, 6.45) is 0.422. The van der Waals surface area contributed by atoms with E-state index in [0.29, 0.717) is 0 Å².